The van der Waals surface area contributed by atoms with Gasteiger partial charge < -0.3 is 14.9 Å². The molecule has 0 amide bonds. The van der Waals surface area contributed by atoms with Crippen molar-refractivity contribution < 1.29 is 13.9 Å². The molecule has 0 fully saturated rings. The first-order valence-corrected chi connectivity index (χ1v) is 9.35. The van der Waals surface area contributed by atoms with Crippen molar-refractivity contribution in [3.8, 4) is 11.5 Å². The summed E-state index contributed by atoms with van der Waals surface area (Å²) in [5.41, 5.74) is 4.32. The van der Waals surface area contributed by atoms with Gasteiger partial charge >= 0.3 is 0 Å². The minimum atomic E-state index is -0.418. The molecule has 0 aliphatic heterocycles. The molecule has 3 aromatic rings. The third-order valence-electron chi connectivity index (χ3n) is 3.76. The first-order chi connectivity index (χ1) is 13.0. The number of H-pyrrole nitrogens is 1. The number of nitrogens with zero attached hydrogens (tertiary/aromatic N) is 2. The highest BCUT2D eigenvalue weighted by Crippen LogP contribution is 2.34. The van der Waals surface area contributed by atoms with Crippen LogP contribution in [-0.2, 0) is 13.2 Å². The number of methoxy groups -OCH3 is 1. The van der Waals surface area contributed by atoms with Gasteiger partial charge in [-0.25, -0.2) is 9.07 Å². The maximum Gasteiger partial charge on any atom is 0.214 e. The third-order valence-corrected chi connectivity index (χ3v) is 5.14. The fourth-order valence-corrected chi connectivity index (χ4v) is 3.18. The molecule has 0 saturated carbocycles. The molecular weight excluding hydrogens is 459 g/mol. The van der Waals surface area contributed by atoms with Crippen molar-refractivity contribution in [2.24, 2.45) is 0 Å². The third kappa shape index (κ3) is 4.60. The zero-order valence-corrected chi connectivity index (χ0v) is 17.3. The number of aromatic amines is 1. The highest BCUT2D eigenvalue weighted by Gasteiger charge is 2.13. The van der Waals surface area contributed by atoms with Gasteiger partial charge in [0.25, 0.3) is 0 Å². The predicted molar refractivity (Wildman–Crippen MR) is 107 cm³/mol. The van der Waals surface area contributed by atoms with Crippen LogP contribution in [0.2, 0.25) is 5.02 Å². The van der Waals surface area contributed by atoms with Crippen molar-refractivity contribution in [3.05, 3.63) is 67.9 Å². The van der Waals surface area contributed by atoms with Crippen LogP contribution in [-0.4, -0.2) is 22.0 Å². The van der Waals surface area contributed by atoms with Gasteiger partial charge in [0.2, 0.25) is 4.77 Å². The number of rotatable bonds is 7. The van der Waals surface area contributed by atoms with E-state index in [9.17, 15) is 4.39 Å². The maximum absolute atomic E-state index is 13.9. The van der Waals surface area contributed by atoms with Crippen LogP contribution < -0.4 is 14.9 Å². The monoisotopic (exact) mass is 472 g/mol. The van der Waals surface area contributed by atoms with Crippen molar-refractivity contribution in [1.82, 2.24) is 14.9 Å². The van der Waals surface area contributed by atoms with Crippen molar-refractivity contribution in [2.75, 3.05) is 12.5 Å². The van der Waals surface area contributed by atoms with Crippen LogP contribution in [0.3, 0.4) is 0 Å². The van der Waals surface area contributed by atoms with Gasteiger partial charge in [-0.05, 0) is 42.0 Å². The van der Waals surface area contributed by atoms with E-state index in [1.54, 1.807) is 29.2 Å². The molecule has 10 heteroatoms. The van der Waals surface area contributed by atoms with E-state index in [0.717, 1.165) is 10.0 Å². The minimum Gasteiger partial charge on any atom is -0.493 e. The number of halogens is 3. The molecule has 0 aliphatic carbocycles. The van der Waals surface area contributed by atoms with E-state index in [0.29, 0.717) is 27.8 Å². The van der Waals surface area contributed by atoms with Gasteiger partial charge in [0.05, 0.1) is 18.7 Å². The lowest BCUT2D eigenvalue weighted by atomic mass is 10.2. The average Bonchev–Trinajstić information content (AvgIpc) is 3.05. The van der Waals surface area contributed by atoms with E-state index in [1.165, 1.54) is 13.2 Å². The van der Waals surface area contributed by atoms with Crippen LogP contribution in [0.25, 0.3) is 0 Å². The molecule has 0 bridgehead atoms. The summed E-state index contributed by atoms with van der Waals surface area (Å²) in [6.45, 7) is 0.445. The zero-order valence-electron chi connectivity index (χ0n) is 14.1. The fraction of sp³-hybridized carbons (Fsp3) is 0.176. The van der Waals surface area contributed by atoms with Crippen LogP contribution >= 0.6 is 39.7 Å². The van der Waals surface area contributed by atoms with Crippen LogP contribution in [0.15, 0.2) is 41.1 Å². The summed E-state index contributed by atoms with van der Waals surface area (Å²) in [6.07, 6.45) is 1.54. The normalized spacial score (nSPS) is 10.7. The van der Waals surface area contributed by atoms with Gasteiger partial charge in [0.1, 0.15) is 18.8 Å². The second kappa shape index (κ2) is 8.73. The van der Waals surface area contributed by atoms with Crippen LogP contribution in [0.1, 0.15) is 11.1 Å². The van der Waals surface area contributed by atoms with E-state index in [-0.39, 0.29) is 12.2 Å². The minimum absolute atomic E-state index is 0.0178. The number of aromatic nitrogens is 3. The summed E-state index contributed by atoms with van der Waals surface area (Å²) >= 11 is 14.6. The fourth-order valence-electron chi connectivity index (χ4n) is 2.34. The first-order valence-electron chi connectivity index (χ1n) is 7.77. The van der Waals surface area contributed by atoms with Gasteiger partial charge in [-0.2, -0.15) is 5.10 Å². The van der Waals surface area contributed by atoms with Gasteiger partial charge in [0.15, 0.2) is 11.5 Å². The standard InChI is InChI=1S/C17H15BrClFN4O2S/c1-25-15-5-10(7-22-24-9-21-23-17(24)27)12(18)6-16(15)26-8-11-13(19)3-2-4-14(11)20/h2-6,9,22H,7-8H2,1H3,(H,23,27). The Kier molecular flexibility index (Phi) is 6.35. The molecule has 2 N–H and O–H groups in total. The Labute approximate surface area is 173 Å². The molecule has 142 valence electrons. The number of ether oxygens (including phenoxy) is 2. The lowest BCUT2D eigenvalue weighted by molar-refractivity contribution is 0.279. The molecule has 1 aromatic heterocycles. The first kappa shape index (κ1) is 19.7. The number of hydrogen-bond donors (Lipinski definition) is 2. The van der Waals surface area contributed by atoms with Crippen molar-refractivity contribution in [3.63, 3.8) is 0 Å². The maximum atomic E-state index is 13.9. The number of benzene rings is 2. The summed E-state index contributed by atoms with van der Waals surface area (Å²) < 4.78 is 27.9. The molecule has 0 saturated heterocycles. The molecule has 3 rings (SSSR count). The Balaban J connectivity index is 1.77. The highest BCUT2D eigenvalue weighted by molar-refractivity contribution is 9.10. The Hall–Kier alpha value is -2.10. The van der Waals surface area contributed by atoms with E-state index < -0.39 is 5.82 Å². The number of nitrogens with one attached hydrogen (secondary N) is 2. The molecule has 0 aliphatic rings. The van der Waals surface area contributed by atoms with Gasteiger partial charge in [0, 0.05) is 10.0 Å². The van der Waals surface area contributed by atoms with Crippen molar-refractivity contribution >= 4 is 39.7 Å². The summed E-state index contributed by atoms with van der Waals surface area (Å²) in [6, 6.07) is 8.09. The zero-order chi connectivity index (χ0) is 19.4. The molecule has 0 radical (unpaired) electrons. The van der Waals surface area contributed by atoms with E-state index >= 15 is 0 Å². The van der Waals surface area contributed by atoms with E-state index in [1.807, 2.05) is 6.07 Å². The largest absolute Gasteiger partial charge is 0.493 e. The molecule has 2 aromatic carbocycles. The Morgan fingerprint density at radius 3 is 2.85 bits per heavy atom. The topological polar surface area (TPSA) is 64.1 Å². The summed E-state index contributed by atoms with van der Waals surface area (Å²) in [4.78, 5) is 0. The van der Waals surface area contributed by atoms with Crippen molar-refractivity contribution in [2.45, 2.75) is 13.2 Å². The van der Waals surface area contributed by atoms with Crippen LogP contribution in [0.4, 0.5) is 4.39 Å². The Bertz CT molecular complexity index is 991. The molecule has 0 atom stereocenters. The van der Waals surface area contributed by atoms with Gasteiger partial charge in [-0.3, -0.25) is 5.10 Å². The lowest BCUT2D eigenvalue weighted by Gasteiger charge is -2.15. The second-order valence-corrected chi connectivity index (χ2v) is 7.10. The SMILES string of the molecule is COc1cc(CNn2cn[nH]c2=S)c(Br)cc1OCc1c(F)cccc1Cl. The van der Waals surface area contributed by atoms with Gasteiger partial charge in [-0.1, -0.05) is 33.6 Å². The number of hydrogen-bond acceptors (Lipinski definition) is 5. The quantitative estimate of drug-likeness (QED) is 0.481. The molecule has 0 unspecified atom stereocenters. The smallest absolute Gasteiger partial charge is 0.214 e. The van der Waals surface area contributed by atoms with Gasteiger partial charge in [-0.15, -0.1) is 0 Å². The molecule has 6 nitrogen and oxygen atoms in total. The highest BCUT2D eigenvalue weighted by atomic mass is 79.9. The molecule has 1 heterocycles. The Morgan fingerprint density at radius 2 is 2.19 bits per heavy atom. The molecule has 27 heavy (non-hydrogen) atoms. The average molecular weight is 474 g/mol. The lowest BCUT2D eigenvalue weighted by Crippen LogP contribution is -2.14. The van der Waals surface area contributed by atoms with Crippen LogP contribution in [0.5, 0.6) is 11.5 Å². The summed E-state index contributed by atoms with van der Waals surface area (Å²) in [7, 11) is 1.54. The van der Waals surface area contributed by atoms with Crippen molar-refractivity contribution in [1.29, 1.82) is 0 Å². The summed E-state index contributed by atoms with van der Waals surface area (Å²) in [5.74, 6) is 0.559. The van der Waals surface area contributed by atoms with E-state index in [2.05, 4.69) is 31.6 Å². The molecule has 0 spiro atoms. The van der Waals surface area contributed by atoms with E-state index in [4.69, 9.17) is 33.3 Å². The Morgan fingerprint density at radius 1 is 1.37 bits per heavy atom. The second-order valence-electron chi connectivity index (χ2n) is 5.45. The summed E-state index contributed by atoms with van der Waals surface area (Å²) in [5, 5.41) is 6.82. The molecular formula is C17H15BrClFN4O2S. The predicted octanol–water partition coefficient (Wildman–Crippen LogP) is 4.83. The van der Waals surface area contributed by atoms with Crippen LogP contribution in [0, 0.1) is 10.6 Å².